The molecule has 3 aliphatic carbocycles. The number of rotatable bonds is 3. The average Bonchev–Trinajstić information content (AvgIpc) is 1.79. The van der Waals surface area contributed by atoms with Gasteiger partial charge in [-0.05, 0) is 24.7 Å². The molecule has 3 fully saturated rings. The van der Waals surface area contributed by atoms with Crippen molar-refractivity contribution in [3.8, 4) is 0 Å². The van der Waals surface area contributed by atoms with E-state index in [0.29, 0.717) is 19.3 Å². The molecular weight excluding hydrogens is 174 g/mol. The van der Waals surface area contributed by atoms with Gasteiger partial charge in [-0.25, -0.2) is 0 Å². The molecule has 1 atom stereocenters. The fourth-order valence-electron chi connectivity index (χ4n) is 2.69. The first-order chi connectivity index (χ1) is 5.92. The second-order valence-corrected chi connectivity index (χ2v) is 4.29. The maximum Gasteiger partial charge on any atom is 0.321 e. The van der Waals surface area contributed by atoms with Crippen molar-refractivity contribution in [1.82, 2.24) is 0 Å². The molecule has 4 N–H and O–H groups in total. The Balaban J connectivity index is 2.04. The zero-order valence-corrected chi connectivity index (χ0v) is 6.99. The predicted octanol–water partition coefficient (Wildman–Crippen LogP) is -0.347. The van der Waals surface area contributed by atoms with Crippen molar-refractivity contribution < 1.29 is 19.8 Å². The van der Waals surface area contributed by atoms with Crippen LogP contribution >= 0.6 is 0 Å². The standard InChI is InChI=1S/C8H11NO4/c9-4(5(10)11)7-1-8(2-7,3-7)6(12)13/h4H,1-3,9H2,(H,10,11)(H,12,13)/t4-,7?,8?/m0/s1. The molecule has 0 aliphatic heterocycles. The smallest absolute Gasteiger partial charge is 0.321 e. The number of carboxylic acids is 2. The lowest BCUT2D eigenvalue weighted by Gasteiger charge is -2.69. The molecule has 2 bridgehead atoms. The molecule has 3 saturated carbocycles. The number of carbonyl (C=O) groups is 2. The second-order valence-electron chi connectivity index (χ2n) is 4.29. The van der Waals surface area contributed by atoms with Gasteiger partial charge in [0.25, 0.3) is 0 Å². The molecule has 0 heterocycles. The predicted molar refractivity (Wildman–Crippen MR) is 42.0 cm³/mol. The summed E-state index contributed by atoms with van der Waals surface area (Å²) in [4.78, 5) is 21.3. The normalized spacial score (nSPS) is 42.8. The van der Waals surface area contributed by atoms with Gasteiger partial charge >= 0.3 is 11.9 Å². The molecule has 72 valence electrons. The molecule has 0 unspecified atom stereocenters. The summed E-state index contributed by atoms with van der Waals surface area (Å²) in [6.07, 6.45) is 1.30. The fraction of sp³-hybridized carbons (Fsp3) is 0.750. The van der Waals surface area contributed by atoms with Gasteiger partial charge < -0.3 is 15.9 Å². The quantitative estimate of drug-likeness (QED) is 0.558. The van der Waals surface area contributed by atoms with Crippen molar-refractivity contribution in [3.05, 3.63) is 0 Å². The van der Waals surface area contributed by atoms with Gasteiger partial charge in [-0.3, -0.25) is 9.59 Å². The fourth-order valence-corrected chi connectivity index (χ4v) is 2.69. The van der Waals surface area contributed by atoms with E-state index in [1.54, 1.807) is 0 Å². The van der Waals surface area contributed by atoms with Crippen molar-refractivity contribution in [1.29, 1.82) is 0 Å². The molecule has 3 aliphatic rings. The van der Waals surface area contributed by atoms with Gasteiger partial charge in [0.15, 0.2) is 0 Å². The molecule has 5 nitrogen and oxygen atoms in total. The summed E-state index contributed by atoms with van der Waals surface area (Å²) in [7, 11) is 0. The first-order valence-electron chi connectivity index (χ1n) is 4.14. The van der Waals surface area contributed by atoms with Crippen molar-refractivity contribution >= 4 is 11.9 Å². The van der Waals surface area contributed by atoms with E-state index in [2.05, 4.69) is 0 Å². The lowest BCUT2D eigenvalue weighted by Crippen LogP contribution is -2.72. The van der Waals surface area contributed by atoms with Crippen molar-refractivity contribution in [2.45, 2.75) is 25.3 Å². The first-order valence-corrected chi connectivity index (χ1v) is 4.14. The minimum Gasteiger partial charge on any atom is -0.481 e. The third-order valence-corrected chi connectivity index (χ3v) is 3.45. The van der Waals surface area contributed by atoms with Crippen molar-refractivity contribution in [2.75, 3.05) is 0 Å². The zero-order chi connectivity index (χ0) is 9.85. The van der Waals surface area contributed by atoms with E-state index in [9.17, 15) is 9.59 Å². The Hall–Kier alpha value is -1.10. The van der Waals surface area contributed by atoms with Crippen LogP contribution in [0.15, 0.2) is 0 Å². The molecule has 0 aromatic heterocycles. The SMILES string of the molecule is N[C@@H](C(=O)O)C12CC(C(=O)O)(C1)C2. The molecule has 13 heavy (non-hydrogen) atoms. The van der Waals surface area contributed by atoms with E-state index >= 15 is 0 Å². The molecular formula is C8H11NO4. The highest BCUT2D eigenvalue weighted by atomic mass is 16.4. The number of aliphatic carboxylic acids is 2. The first kappa shape index (κ1) is 8.50. The molecule has 3 rings (SSSR count). The van der Waals surface area contributed by atoms with Crippen LogP contribution < -0.4 is 5.73 Å². The molecule has 0 radical (unpaired) electrons. The Morgan fingerprint density at radius 3 is 2.00 bits per heavy atom. The average molecular weight is 185 g/mol. The number of carboxylic acid groups (broad SMARTS) is 2. The van der Waals surface area contributed by atoms with Crippen LogP contribution in [0.2, 0.25) is 0 Å². The summed E-state index contributed by atoms with van der Waals surface area (Å²) in [6.45, 7) is 0. The van der Waals surface area contributed by atoms with Crippen LogP contribution in [0.4, 0.5) is 0 Å². The Morgan fingerprint density at radius 1 is 1.23 bits per heavy atom. The zero-order valence-electron chi connectivity index (χ0n) is 6.99. The van der Waals surface area contributed by atoms with E-state index < -0.39 is 28.8 Å². The van der Waals surface area contributed by atoms with Crippen molar-refractivity contribution in [2.24, 2.45) is 16.6 Å². The van der Waals surface area contributed by atoms with E-state index in [1.165, 1.54) is 0 Å². The molecule has 0 aromatic carbocycles. The Morgan fingerprint density at radius 2 is 1.69 bits per heavy atom. The lowest BCUT2D eigenvalue weighted by molar-refractivity contribution is -0.232. The highest BCUT2D eigenvalue weighted by molar-refractivity contribution is 5.83. The van der Waals surface area contributed by atoms with Gasteiger partial charge in [-0.1, -0.05) is 0 Å². The lowest BCUT2D eigenvalue weighted by atomic mass is 9.33. The molecule has 0 amide bonds. The van der Waals surface area contributed by atoms with Crippen LogP contribution in [0.3, 0.4) is 0 Å². The van der Waals surface area contributed by atoms with Gasteiger partial charge in [-0.2, -0.15) is 0 Å². The summed E-state index contributed by atoms with van der Waals surface area (Å²) in [5.41, 5.74) is 4.42. The van der Waals surface area contributed by atoms with Crippen molar-refractivity contribution in [3.63, 3.8) is 0 Å². The summed E-state index contributed by atoms with van der Waals surface area (Å²) in [6, 6.07) is -0.895. The Bertz CT molecular complexity index is 279. The van der Waals surface area contributed by atoms with Crippen LogP contribution in [0, 0.1) is 10.8 Å². The minimum absolute atomic E-state index is 0.412. The number of hydrogen-bond acceptors (Lipinski definition) is 3. The van der Waals surface area contributed by atoms with Crippen LogP contribution in [-0.2, 0) is 9.59 Å². The molecule has 5 heteroatoms. The second kappa shape index (κ2) is 2.04. The largest absolute Gasteiger partial charge is 0.481 e. The Kier molecular flexibility index (Phi) is 1.33. The molecule has 0 aromatic rings. The van der Waals surface area contributed by atoms with Crippen LogP contribution in [0.1, 0.15) is 19.3 Å². The van der Waals surface area contributed by atoms with E-state index in [1.807, 2.05) is 0 Å². The van der Waals surface area contributed by atoms with Gasteiger partial charge in [-0.15, -0.1) is 0 Å². The highest BCUT2D eigenvalue weighted by Gasteiger charge is 2.74. The Labute approximate surface area is 74.5 Å². The van der Waals surface area contributed by atoms with E-state index in [4.69, 9.17) is 15.9 Å². The minimum atomic E-state index is -1.03. The van der Waals surface area contributed by atoms with Gasteiger partial charge in [0.05, 0.1) is 5.41 Å². The third kappa shape index (κ3) is 0.798. The summed E-state index contributed by atoms with van der Waals surface area (Å²) >= 11 is 0. The number of hydrogen-bond donors (Lipinski definition) is 3. The van der Waals surface area contributed by atoms with Gasteiger partial charge in [0, 0.05) is 0 Å². The van der Waals surface area contributed by atoms with Crippen LogP contribution in [-0.4, -0.2) is 28.2 Å². The molecule has 0 spiro atoms. The van der Waals surface area contributed by atoms with E-state index in [0.717, 1.165) is 0 Å². The van der Waals surface area contributed by atoms with Crippen LogP contribution in [0.5, 0.6) is 0 Å². The van der Waals surface area contributed by atoms with E-state index in [-0.39, 0.29) is 0 Å². The van der Waals surface area contributed by atoms with Gasteiger partial charge in [0.1, 0.15) is 6.04 Å². The maximum absolute atomic E-state index is 10.7. The number of nitrogens with two attached hydrogens (primary N) is 1. The molecule has 0 saturated heterocycles. The maximum atomic E-state index is 10.7. The highest BCUT2D eigenvalue weighted by Crippen LogP contribution is 2.74. The van der Waals surface area contributed by atoms with Gasteiger partial charge in [0.2, 0.25) is 0 Å². The van der Waals surface area contributed by atoms with Crippen LogP contribution in [0.25, 0.3) is 0 Å². The summed E-state index contributed by atoms with van der Waals surface area (Å²) in [5.74, 6) is -1.84. The summed E-state index contributed by atoms with van der Waals surface area (Å²) in [5, 5.41) is 17.4. The summed E-state index contributed by atoms with van der Waals surface area (Å²) < 4.78 is 0. The monoisotopic (exact) mass is 185 g/mol. The third-order valence-electron chi connectivity index (χ3n) is 3.45. The topological polar surface area (TPSA) is 101 Å².